The second-order valence-corrected chi connectivity index (χ2v) is 6.83. The van der Waals surface area contributed by atoms with E-state index in [1.807, 2.05) is 5.38 Å². The highest BCUT2D eigenvalue weighted by molar-refractivity contribution is 7.13. The molecule has 1 aromatic rings. The van der Waals surface area contributed by atoms with E-state index in [0.29, 0.717) is 24.8 Å². The Kier molecular flexibility index (Phi) is 5.45. The van der Waals surface area contributed by atoms with Crippen LogP contribution in [0.5, 0.6) is 0 Å². The van der Waals surface area contributed by atoms with Crippen molar-refractivity contribution in [2.75, 3.05) is 31.6 Å². The van der Waals surface area contributed by atoms with Crippen LogP contribution in [0.25, 0.3) is 0 Å². The number of urea groups is 1. The lowest BCUT2D eigenvalue weighted by molar-refractivity contribution is -0.121. The van der Waals surface area contributed by atoms with Gasteiger partial charge in [-0.15, -0.1) is 11.3 Å². The fourth-order valence-electron chi connectivity index (χ4n) is 2.99. The zero-order chi connectivity index (χ0) is 16.1. The third-order valence-electron chi connectivity index (χ3n) is 4.25. The molecule has 23 heavy (non-hydrogen) atoms. The van der Waals surface area contributed by atoms with Crippen LogP contribution in [0.4, 0.5) is 9.93 Å². The predicted molar refractivity (Wildman–Crippen MR) is 87.4 cm³/mol. The van der Waals surface area contributed by atoms with Crippen LogP contribution < -0.4 is 10.6 Å². The van der Waals surface area contributed by atoms with Crippen molar-refractivity contribution in [3.8, 4) is 0 Å². The first-order valence-corrected chi connectivity index (χ1v) is 8.95. The summed E-state index contributed by atoms with van der Waals surface area (Å²) in [6, 6.07) is -0.104. The van der Waals surface area contributed by atoms with Crippen LogP contribution in [0.2, 0.25) is 0 Å². The van der Waals surface area contributed by atoms with E-state index in [0.717, 1.165) is 32.3 Å². The molecule has 0 radical (unpaired) electrons. The minimum Gasteiger partial charge on any atom is -0.376 e. The Morgan fingerprint density at radius 1 is 1.39 bits per heavy atom. The van der Waals surface area contributed by atoms with Crippen molar-refractivity contribution in [3.05, 3.63) is 11.6 Å². The minimum atomic E-state index is -0.180. The Balaban J connectivity index is 1.46. The molecule has 3 heterocycles. The second kappa shape index (κ2) is 7.74. The van der Waals surface area contributed by atoms with Gasteiger partial charge in [-0.05, 0) is 25.7 Å². The van der Waals surface area contributed by atoms with Crippen molar-refractivity contribution in [3.63, 3.8) is 0 Å². The van der Waals surface area contributed by atoms with Gasteiger partial charge in [-0.2, -0.15) is 0 Å². The number of thiazole rings is 1. The van der Waals surface area contributed by atoms with Gasteiger partial charge in [-0.3, -0.25) is 4.79 Å². The van der Waals surface area contributed by atoms with E-state index >= 15 is 0 Å². The van der Waals surface area contributed by atoms with Crippen LogP contribution in [0, 0.1) is 5.92 Å². The van der Waals surface area contributed by atoms with Crippen molar-refractivity contribution in [2.24, 2.45) is 5.92 Å². The number of hydrogen-bond donors (Lipinski definition) is 2. The van der Waals surface area contributed by atoms with E-state index in [4.69, 9.17) is 4.74 Å². The number of aromatic nitrogens is 1. The predicted octanol–water partition coefficient (Wildman–Crippen LogP) is 1.68. The van der Waals surface area contributed by atoms with E-state index in [1.54, 1.807) is 11.1 Å². The normalized spacial score (nSPS) is 24.4. The maximum Gasteiger partial charge on any atom is 0.317 e. The number of piperidine rings is 1. The molecule has 7 nitrogen and oxygen atoms in total. The molecule has 0 aliphatic carbocycles. The smallest absolute Gasteiger partial charge is 0.317 e. The molecule has 0 saturated carbocycles. The quantitative estimate of drug-likeness (QED) is 0.875. The summed E-state index contributed by atoms with van der Waals surface area (Å²) in [6.07, 6.45) is 5.48. The number of carbonyl (C=O) groups excluding carboxylic acids is 2. The van der Waals surface area contributed by atoms with Crippen molar-refractivity contribution in [1.29, 1.82) is 0 Å². The lowest BCUT2D eigenvalue weighted by Gasteiger charge is -2.32. The van der Waals surface area contributed by atoms with E-state index in [9.17, 15) is 9.59 Å². The van der Waals surface area contributed by atoms with Crippen LogP contribution in [-0.4, -0.2) is 54.2 Å². The summed E-state index contributed by atoms with van der Waals surface area (Å²) in [5.41, 5.74) is 0. The molecule has 2 fully saturated rings. The average molecular weight is 338 g/mol. The lowest BCUT2D eigenvalue weighted by Crippen LogP contribution is -2.49. The summed E-state index contributed by atoms with van der Waals surface area (Å²) in [6.45, 7) is 2.47. The van der Waals surface area contributed by atoms with E-state index in [1.165, 1.54) is 11.3 Å². The molecule has 3 rings (SSSR count). The van der Waals surface area contributed by atoms with E-state index in [2.05, 4.69) is 15.6 Å². The zero-order valence-electron chi connectivity index (χ0n) is 13.0. The average Bonchev–Trinajstić information content (AvgIpc) is 3.26. The topological polar surface area (TPSA) is 83.6 Å². The fourth-order valence-corrected chi connectivity index (χ4v) is 3.52. The van der Waals surface area contributed by atoms with Gasteiger partial charge in [-0.25, -0.2) is 9.78 Å². The van der Waals surface area contributed by atoms with E-state index in [-0.39, 0.29) is 24.0 Å². The Morgan fingerprint density at radius 2 is 2.30 bits per heavy atom. The number of amides is 3. The number of nitrogens with one attached hydrogen (secondary N) is 2. The molecule has 2 aliphatic rings. The van der Waals surface area contributed by atoms with Gasteiger partial charge in [0.2, 0.25) is 5.91 Å². The molecule has 0 unspecified atom stereocenters. The van der Waals surface area contributed by atoms with Crippen LogP contribution in [0.15, 0.2) is 11.6 Å². The Labute approximate surface area is 139 Å². The summed E-state index contributed by atoms with van der Waals surface area (Å²) in [5.74, 6) is -0.238. The summed E-state index contributed by atoms with van der Waals surface area (Å²) in [4.78, 5) is 30.3. The monoisotopic (exact) mass is 338 g/mol. The molecule has 8 heteroatoms. The van der Waals surface area contributed by atoms with Gasteiger partial charge < -0.3 is 20.3 Å². The molecular formula is C15H22N4O3S. The van der Waals surface area contributed by atoms with Crippen LogP contribution in [0.1, 0.15) is 25.7 Å². The second-order valence-electron chi connectivity index (χ2n) is 5.93. The molecule has 3 amide bonds. The highest BCUT2D eigenvalue weighted by Gasteiger charge is 2.29. The van der Waals surface area contributed by atoms with Gasteiger partial charge in [-0.1, -0.05) is 0 Å². The molecule has 1 aromatic heterocycles. The minimum absolute atomic E-state index is 0.0587. The summed E-state index contributed by atoms with van der Waals surface area (Å²) in [7, 11) is 0. The highest BCUT2D eigenvalue weighted by Crippen LogP contribution is 2.20. The molecule has 0 bridgehead atoms. The van der Waals surface area contributed by atoms with Crippen LogP contribution in [0.3, 0.4) is 0 Å². The first-order valence-electron chi connectivity index (χ1n) is 8.07. The molecule has 0 aromatic carbocycles. The third kappa shape index (κ3) is 4.42. The Morgan fingerprint density at radius 3 is 3.04 bits per heavy atom. The van der Waals surface area contributed by atoms with Crippen molar-refractivity contribution >= 4 is 28.4 Å². The van der Waals surface area contributed by atoms with E-state index < -0.39 is 0 Å². The van der Waals surface area contributed by atoms with Crippen molar-refractivity contribution < 1.29 is 14.3 Å². The molecular weight excluding hydrogens is 316 g/mol. The van der Waals surface area contributed by atoms with Gasteiger partial charge in [0.1, 0.15) is 0 Å². The van der Waals surface area contributed by atoms with Crippen molar-refractivity contribution in [1.82, 2.24) is 15.2 Å². The number of likely N-dealkylation sites (tertiary alicyclic amines) is 1. The number of rotatable bonds is 4. The van der Waals surface area contributed by atoms with Gasteiger partial charge >= 0.3 is 6.03 Å². The molecule has 2 atom stereocenters. The van der Waals surface area contributed by atoms with Crippen LogP contribution >= 0.6 is 11.3 Å². The van der Waals surface area contributed by atoms with Gasteiger partial charge in [0.25, 0.3) is 0 Å². The lowest BCUT2D eigenvalue weighted by atomic mass is 9.97. The Hall–Kier alpha value is -1.67. The molecule has 126 valence electrons. The first-order chi connectivity index (χ1) is 11.2. The number of nitrogens with zero attached hydrogens (tertiary/aromatic N) is 2. The van der Waals surface area contributed by atoms with Gasteiger partial charge in [0.15, 0.2) is 5.13 Å². The maximum absolute atomic E-state index is 12.3. The molecule has 2 saturated heterocycles. The first kappa shape index (κ1) is 16.2. The summed E-state index contributed by atoms with van der Waals surface area (Å²) < 4.78 is 5.51. The molecule has 0 spiro atoms. The standard InChI is InChI=1S/C15H22N4O3S/c20-13(18-14-16-5-8-23-14)11-3-1-6-19(10-11)15(21)17-9-12-4-2-7-22-12/h5,8,11-12H,1-4,6-7,9-10H2,(H,17,21)(H,16,18,20)/t11-,12+/m0/s1. The highest BCUT2D eigenvalue weighted by atomic mass is 32.1. The third-order valence-corrected chi connectivity index (χ3v) is 4.94. The molecule has 2 N–H and O–H groups in total. The SMILES string of the molecule is O=C(Nc1nccs1)[C@H]1CCCN(C(=O)NC[C@H]2CCCO2)C1. The largest absolute Gasteiger partial charge is 0.376 e. The molecule has 2 aliphatic heterocycles. The number of carbonyl (C=O) groups is 2. The zero-order valence-corrected chi connectivity index (χ0v) is 13.8. The van der Waals surface area contributed by atoms with Crippen molar-refractivity contribution in [2.45, 2.75) is 31.8 Å². The van der Waals surface area contributed by atoms with Gasteiger partial charge in [0.05, 0.1) is 12.0 Å². The number of ether oxygens (including phenoxy) is 1. The van der Waals surface area contributed by atoms with Crippen LogP contribution in [-0.2, 0) is 9.53 Å². The number of anilines is 1. The maximum atomic E-state index is 12.3. The summed E-state index contributed by atoms with van der Waals surface area (Å²) in [5, 5.41) is 8.16. The fraction of sp³-hybridized carbons (Fsp3) is 0.667. The summed E-state index contributed by atoms with van der Waals surface area (Å²) >= 11 is 1.39. The Bertz CT molecular complexity index is 531. The number of hydrogen-bond acceptors (Lipinski definition) is 5. The van der Waals surface area contributed by atoms with Gasteiger partial charge in [0, 0.05) is 37.8 Å².